The third kappa shape index (κ3) is 3.41. The Hall–Kier alpha value is -1.68. The zero-order chi connectivity index (χ0) is 13.8. The number of benzene rings is 2. The first kappa shape index (κ1) is 13.7. The summed E-state index contributed by atoms with van der Waals surface area (Å²) in [5.41, 5.74) is 1.51. The molecule has 0 aliphatic carbocycles. The monoisotopic (exact) mass is 321 g/mol. The van der Waals surface area contributed by atoms with Gasteiger partial charge in [-0.1, -0.05) is 24.3 Å². The van der Waals surface area contributed by atoms with Crippen molar-refractivity contribution in [2.75, 3.05) is 7.05 Å². The van der Waals surface area contributed by atoms with E-state index in [2.05, 4.69) is 15.9 Å². The molecule has 98 valence electrons. The van der Waals surface area contributed by atoms with E-state index in [-0.39, 0.29) is 11.7 Å². The molecule has 1 amide bonds. The Morgan fingerprint density at radius 2 is 1.79 bits per heavy atom. The summed E-state index contributed by atoms with van der Waals surface area (Å²) in [5, 5.41) is 0. The molecule has 0 unspecified atom stereocenters. The lowest BCUT2D eigenvalue weighted by molar-refractivity contribution is 0.0784. The van der Waals surface area contributed by atoms with Crippen molar-refractivity contribution in [3.05, 3.63) is 69.9 Å². The molecule has 0 N–H and O–H groups in total. The minimum absolute atomic E-state index is 0.0724. The summed E-state index contributed by atoms with van der Waals surface area (Å²) >= 11 is 3.36. The van der Waals surface area contributed by atoms with Crippen LogP contribution in [-0.2, 0) is 6.54 Å². The first-order valence-electron chi connectivity index (χ1n) is 5.82. The van der Waals surface area contributed by atoms with Crippen molar-refractivity contribution >= 4 is 21.8 Å². The molecule has 2 aromatic rings. The van der Waals surface area contributed by atoms with Crippen LogP contribution in [0.2, 0.25) is 0 Å². The zero-order valence-corrected chi connectivity index (χ0v) is 12.0. The second-order valence-corrected chi connectivity index (χ2v) is 5.12. The van der Waals surface area contributed by atoms with Crippen LogP contribution in [0.3, 0.4) is 0 Å². The van der Waals surface area contributed by atoms with E-state index in [1.54, 1.807) is 30.1 Å². The van der Waals surface area contributed by atoms with Crippen LogP contribution in [0.15, 0.2) is 53.0 Å². The van der Waals surface area contributed by atoms with Crippen molar-refractivity contribution in [3.8, 4) is 0 Å². The highest BCUT2D eigenvalue weighted by molar-refractivity contribution is 9.10. The van der Waals surface area contributed by atoms with Crippen LogP contribution in [0.1, 0.15) is 15.9 Å². The number of rotatable bonds is 3. The topological polar surface area (TPSA) is 20.3 Å². The van der Waals surface area contributed by atoms with E-state index in [1.807, 2.05) is 18.2 Å². The van der Waals surface area contributed by atoms with Gasteiger partial charge < -0.3 is 4.90 Å². The van der Waals surface area contributed by atoms with Gasteiger partial charge in [0.1, 0.15) is 5.82 Å². The van der Waals surface area contributed by atoms with Crippen LogP contribution >= 0.6 is 15.9 Å². The fourth-order valence-corrected chi connectivity index (χ4v) is 2.23. The van der Waals surface area contributed by atoms with Crippen LogP contribution in [0.4, 0.5) is 4.39 Å². The van der Waals surface area contributed by atoms with Gasteiger partial charge in [-0.2, -0.15) is 0 Å². The van der Waals surface area contributed by atoms with Crippen molar-refractivity contribution in [2.24, 2.45) is 0 Å². The van der Waals surface area contributed by atoms with Gasteiger partial charge in [-0.25, -0.2) is 4.39 Å². The lowest BCUT2D eigenvalue weighted by Crippen LogP contribution is -2.26. The highest BCUT2D eigenvalue weighted by atomic mass is 79.9. The third-order valence-electron chi connectivity index (χ3n) is 2.78. The molecular weight excluding hydrogens is 309 g/mol. The SMILES string of the molecule is CN(Cc1ccc(F)cc1)C(=O)c1ccccc1Br. The maximum absolute atomic E-state index is 12.8. The Morgan fingerprint density at radius 1 is 1.16 bits per heavy atom. The van der Waals surface area contributed by atoms with Gasteiger partial charge in [-0.15, -0.1) is 0 Å². The molecular formula is C15H13BrFNO. The molecule has 2 aromatic carbocycles. The molecule has 0 spiro atoms. The Bertz CT molecular complexity index is 583. The summed E-state index contributed by atoms with van der Waals surface area (Å²) in [4.78, 5) is 13.9. The number of hydrogen-bond donors (Lipinski definition) is 0. The number of nitrogens with zero attached hydrogens (tertiary/aromatic N) is 1. The largest absolute Gasteiger partial charge is 0.337 e. The Kier molecular flexibility index (Phi) is 4.32. The van der Waals surface area contributed by atoms with Crippen LogP contribution in [-0.4, -0.2) is 17.9 Å². The molecule has 0 aliphatic rings. The maximum Gasteiger partial charge on any atom is 0.255 e. The van der Waals surface area contributed by atoms with E-state index in [1.165, 1.54) is 12.1 Å². The molecule has 0 bridgehead atoms. The number of halogens is 2. The summed E-state index contributed by atoms with van der Waals surface area (Å²) in [5.74, 6) is -0.347. The predicted octanol–water partition coefficient (Wildman–Crippen LogP) is 3.86. The average molecular weight is 322 g/mol. The smallest absolute Gasteiger partial charge is 0.255 e. The van der Waals surface area contributed by atoms with Crippen molar-refractivity contribution in [1.29, 1.82) is 0 Å². The van der Waals surface area contributed by atoms with E-state index in [9.17, 15) is 9.18 Å². The molecule has 0 aliphatic heterocycles. The Balaban J connectivity index is 2.12. The van der Waals surface area contributed by atoms with E-state index >= 15 is 0 Å². The molecule has 0 atom stereocenters. The van der Waals surface area contributed by atoms with Gasteiger partial charge in [-0.05, 0) is 45.8 Å². The summed E-state index contributed by atoms with van der Waals surface area (Å²) in [6, 6.07) is 13.4. The molecule has 0 heterocycles. The predicted molar refractivity (Wildman–Crippen MR) is 76.3 cm³/mol. The number of carbonyl (C=O) groups is 1. The van der Waals surface area contributed by atoms with E-state index < -0.39 is 0 Å². The van der Waals surface area contributed by atoms with E-state index in [4.69, 9.17) is 0 Å². The van der Waals surface area contributed by atoms with Crippen molar-refractivity contribution < 1.29 is 9.18 Å². The summed E-state index contributed by atoms with van der Waals surface area (Å²) in [7, 11) is 1.73. The minimum Gasteiger partial charge on any atom is -0.337 e. The summed E-state index contributed by atoms with van der Waals surface area (Å²) in [6.45, 7) is 0.445. The lowest BCUT2D eigenvalue weighted by atomic mass is 10.1. The number of amides is 1. The van der Waals surface area contributed by atoms with Crippen molar-refractivity contribution in [3.63, 3.8) is 0 Å². The first-order chi connectivity index (χ1) is 9.08. The van der Waals surface area contributed by atoms with E-state index in [0.29, 0.717) is 12.1 Å². The number of hydrogen-bond acceptors (Lipinski definition) is 1. The highest BCUT2D eigenvalue weighted by Crippen LogP contribution is 2.18. The standard InChI is InChI=1S/C15H13BrFNO/c1-18(10-11-6-8-12(17)9-7-11)15(19)13-4-2-3-5-14(13)16/h2-9H,10H2,1H3. The van der Waals surface area contributed by atoms with Gasteiger partial charge in [-0.3, -0.25) is 4.79 Å². The molecule has 0 aromatic heterocycles. The molecule has 19 heavy (non-hydrogen) atoms. The van der Waals surface area contributed by atoms with Crippen LogP contribution in [0.25, 0.3) is 0 Å². The molecule has 4 heteroatoms. The average Bonchev–Trinajstić information content (AvgIpc) is 2.41. The van der Waals surface area contributed by atoms with E-state index in [0.717, 1.165) is 10.0 Å². The van der Waals surface area contributed by atoms with Crippen molar-refractivity contribution in [1.82, 2.24) is 4.90 Å². The molecule has 0 radical (unpaired) electrons. The van der Waals surface area contributed by atoms with Gasteiger partial charge in [0.15, 0.2) is 0 Å². The van der Waals surface area contributed by atoms with Gasteiger partial charge >= 0.3 is 0 Å². The van der Waals surface area contributed by atoms with Crippen molar-refractivity contribution in [2.45, 2.75) is 6.54 Å². The third-order valence-corrected chi connectivity index (χ3v) is 3.48. The quantitative estimate of drug-likeness (QED) is 0.840. The second-order valence-electron chi connectivity index (χ2n) is 4.27. The molecule has 2 rings (SSSR count). The first-order valence-corrected chi connectivity index (χ1v) is 6.61. The zero-order valence-electron chi connectivity index (χ0n) is 10.4. The Morgan fingerprint density at radius 3 is 2.42 bits per heavy atom. The fourth-order valence-electron chi connectivity index (χ4n) is 1.78. The lowest BCUT2D eigenvalue weighted by Gasteiger charge is -2.18. The molecule has 0 saturated carbocycles. The second kappa shape index (κ2) is 5.97. The normalized spacial score (nSPS) is 10.3. The highest BCUT2D eigenvalue weighted by Gasteiger charge is 2.14. The maximum atomic E-state index is 12.8. The summed E-state index contributed by atoms with van der Waals surface area (Å²) in [6.07, 6.45) is 0. The van der Waals surface area contributed by atoms with Gasteiger partial charge in [0.2, 0.25) is 0 Å². The molecule has 2 nitrogen and oxygen atoms in total. The number of carbonyl (C=O) groups excluding carboxylic acids is 1. The molecule has 0 saturated heterocycles. The fraction of sp³-hybridized carbons (Fsp3) is 0.133. The van der Waals surface area contributed by atoms with Crippen LogP contribution in [0.5, 0.6) is 0 Å². The minimum atomic E-state index is -0.275. The Labute approximate surface area is 120 Å². The van der Waals surface area contributed by atoms with Crippen LogP contribution in [0, 0.1) is 5.82 Å². The van der Waals surface area contributed by atoms with Gasteiger partial charge in [0.05, 0.1) is 5.56 Å². The van der Waals surface area contributed by atoms with Gasteiger partial charge in [0.25, 0.3) is 5.91 Å². The van der Waals surface area contributed by atoms with Crippen LogP contribution < -0.4 is 0 Å². The van der Waals surface area contributed by atoms with Gasteiger partial charge in [0, 0.05) is 18.1 Å². The molecule has 0 fully saturated rings. The summed E-state index contributed by atoms with van der Waals surface area (Å²) < 4.78 is 13.6.